The van der Waals surface area contributed by atoms with Crippen LogP contribution in [0, 0.1) is 6.92 Å². The summed E-state index contributed by atoms with van der Waals surface area (Å²) in [5.41, 5.74) is 9.75. The van der Waals surface area contributed by atoms with Gasteiger partial charge in [-0.15, -0.1) is 0 Å². The van der Waals surface area contributed by atoms with Gasteiger partial charge in [0.25, 0.3) is 0 Å². The van der Waals surface area contributed by atoms with E-state index in [0.717, 1.165) is 19.0 Å². The van der Waals surface area contributed by atoms with Crippen LogP contribution in [0.25, 0.3) is 0 Å². The molecule has 1 aromatic carbocycles. The number of nitrogens with zero attached hydrogens (tertiary/aromatic N) is 1. The zero-order chi connectivity index (χ0) is 13.0. The Hall–Kier alpha value is -1.02. The van der Waals surface area contributed by atoms with Gasteiger partial charge in [-0.3, -0.25) is 0 Å². The number of hydrogen-bond donors (Lipinski definition) is 1. The quantitative estimate of drug-likeness (QED) is 0.883. The number of rotatable bonds is 4. The lowest BCUT2D eigenvalue weighted by molar-refractivity contribution is 0.427. The zero-order valence-corrected chi connectivity index (χ0v) is 11.8. The molecule has 1 fully saturated rings. The lowest BCUT2D eigenvalue weighted by Gasteiger charge is -2.34. The Kier molecular flexibility index (Phi) is 4.65. The highest BCUT2D eigenvalue weighted by Gasteiger charge is 2.19. The first-order valence-corrected chi connectivity index (χ1v) is 7.25. The molecule has 2 heteroatoms. The fourth-order valence-electron chi connectivity index (χ4n) is 3.10. The van der Waals surface area contributed by atoms with Crippen molar-refractivity contribution in [1.29, 1.82) is 0 Å². The average Bonchev–Trinajstić information content (AvgIpc) is 2.40. The Morgan fingerprint density at radius 2 is 1.94 bits per heavy atom. The predicted octanol–water partition coefficient (Wildman–Crippen LogP) is 3.27. The molecule has 1 aliphatic carbocycles. The molecule has 0 aromatic heterocycles. The van der Waals surface area contributed by atoms with E-state index in [1.54, 1.807) is 0 Å². The Morgan fingerprint density at radius 1 is 1.22 bits per heavy atom. The van der Waals surface area contributed by atoms with Crippen molar-refractivity contribution >= 4 is 5.69 Å². The van der Waals surface area contributed by atoms with Crippen LogP contribution in [0.2, 0.25) is 0 Å². The summed E-state index contributed by atoms with van der Waals surface area (Å²) < 4.78 is 0. The molecule has 0 radical (unpaired) electrons. The van der Waals surface area contributed by atoms with E-state index >= 15 is 0 Å². The second-order valence-corrected chi connectivity index (χ2v) is 5.56. The van der Waals surface area contributed by atoms with E-state index in [0.29, 0.717) is 0 Å². The van der Waals surface area contributed by atoms with Gasteiger partial charge in [0.15, 0.2) is 0 Å². The van der Waals surface area contributed by atoms with Crippen LogP contribution in [0.3, 0.4) is 0 Å². The molecule has 0 spiro atoms. The van der Waals surface area contributed by atoms with E-state index in [1.807, 2.05) is 0 Å². The van der Waals surface area contributed by atoms with Gasteiger partial charge >= 0.3 is 0 Å². The molecule has 2 rings (SSSR count). The number of hydrogen-bond acceptors (Lipinski definition) is 2. The fraction of sp³-hybridized carbons (Fsp3) is 0.625. The van der Waals surface area contributed by atoms with Crippen molar-refractivity contribution in [2.24, 2.45) is 5.73 Å². The summed E-state index contributed by atoms with van der Waals surface area (Å²) in [7, 11) is 2.25. The van der Waals surface area contributed by atoms with Crippen LogP contribution in [0.1, 0.15) is 43.2 Å². The third-order valence-corrected chi connectivity index (χ3v) is 4.20. The normalized spacial score (nSPS) is 16.8. The van der Waals surface area contributed by atoms with E-state index in [-0.39, 0.29) is 0 Å². The SMILES string of the molecule is Cc1cc(CCN)ccc1N(C)C1CCCCC1. The largest absolute Gasteiger partial charge is 0.371 e. The second kappa shape index (κ2) is 6.24. The Bertz CT molecular complexity index is 381. The zero-order valence-electron chi connectivity index (χ0n) is 11.8. The van der Waals surface area contributed by atoms with Crippen molar-refractivity contribution in [2.45, 2.75) is 51.5 Å². The first-order chi connectivity index (χ1) is 8.72. The van der Waals surface area contributed by atoms with E-state index in [2.05, 4.69) is 37.1 Å². The number of aryl methyl sites for hydroxylation is 1. The van der Waals surface area contributed by atoms with Gasteiger partial charge in [-0.1, -0.05) is 31.4 Å². The maximum atomic E-state index is 5.61. The van der Waals surface area contributed by atoms with Crippen molar-refractivity contribution in [3.8, 4) is 0 Å². The molecule has 2 N–H and O–H groups in total. The Labute approximate surface area is 111 Å². The van der Waals surface area contributed by atoms with Crippen molar-refractivity contribution in [1.82, 2.24) is 0 Å². The van der Waals surface area contributed by atoms with Gasteiger partial charge < -0.3 is 10.6 Å². The Morgan fingerprint density at radius 3 is 2.56 bits per heavy atom. The van der Waals surface area contributed by atoms with Gasteiger partial charge in [-0.2, -0.15) is 0 Å². The molecule has 0 bridgehead atoms. The van der Waals surface area contributed by atoms with Crippen molar-refractivity contribution < 1.29 is 0 Å². The second-order valence-electron chi connectivity index (χ2n) is 5.56. The van der Waals surface area contributed by atoms with E-state index in [9.17, 15) is 0 Å². The molecule has 2 nitrogen and oxygen atoms in total. The minimum Gasteiger partial charge on any atom is -0.371 e. The van der Waals surface area contributed by atoms with E-state index in [1.165, 1.54) is 48.9 Å². The summed E-state index contributed by atoms with van der Waals surface area (Å²) in [5, 5.41) is 0. The molecular weight excluding hydrogens is 220 g/mol. The topological polar surface area (TPSA) is 29.3 Å². The van der Waals surface area contributed by atoms with Gasteiger partial charge in [0.1, 0.15) is 0 Å². The van der Waals surface area contributed by atoms with Crippen LogP contribution < -0.4 is 10.6 Å². The van der Waals surface area contributed by atoms with Crippen LogP contribution in [0.4, 0.5) is 5.69 Å². The molecule has 18 heavy (non-hydrogen) atoms. The molecule has 100 valence electrons. The average molecular weight is 246 g/mol. The van der Waals surface area contributed by atoms with Crippen LogP contribution in [-0.2, 0) is 6.42 Å². The van der Waals surface area contributed by atoms with Gasteiger partial charge in [0.05, 0.1) is 0 Å². The molecule has 0 heterocycles. The van der Waals surface area contributed by atoms with Crippen LogP contribution in [0.15, 0.2) is 18.2 Å². The monoisotopic (exact) mass is 246 g/mol. The first kappa shape index (κ1) is 13.4. The highest BCUT2D eigenvalue weighted by Crippen LogP contribution is 2.28. The molecule has 0 amide bonds. The minimum absolute atomic E-state index is 0.733. The highest BCUT2D eigenvalue weighted by atomic mass is 15.1. The summed E-state index contributed by atoms with van der Waals surface area (Å²) in [6, 6.07) is 7.53. The molecule has 1 aromatic rings. The first-order valence-electron chi connectivity index (χ1n) is 7.25. The fourth-order valence-corrected chi connectivity index (χ4v) is 3.10. The van der Waals surface area contributed by atoms with Crippen molar-refractivity contribution in [3.63, 3.8) is 0 Å². The van der Waals surface area contributed by atoms with Crippen molar-refractivity contribution in [2.75, 3.05) is 18.5 Å². The van der Waals surface area contributed by atoms with Crippen LogP contribution >= 0.6 is 0 Å². The summed E-state index contributed by atoms with van der Waals surface area (Å²) in [6.45, 7) is 2.95. The molecule has 0 unspecified atom stereocenters. The number of anilines is 1. The third kappa shape index (κ3) is 3.05. The van der Waals surface area contributed by atoms with Gasteiger partial charge in [0.2, 0.25) is 0 Å². The lowest BCUT2D eigenvalue weighted by atomic mass is 9.93. The van der Waals surface area contributed by atoms with Crippen molar-refractivity contribution in [3.05, 3.63) is 29.3 Å². The van der Waals surface area contributed by atoms with E-state index in [4.69, 9.17) is 5.73 Å². The third-order valence-electron chi connectivity index (χ3n) is 4.20. The predicted molar refractivity (Wildman–Crippen MR) is 79.2 cm³/mol. The van der Waals surface area contributed by atoms with Gasteiger partial charge in [0, 0.05) is 18.8 Å². The molecule has 0 atom stereocenters. The van der Waals surface area contributed by atoms with E-state index < -0.39 is 0 Å². The number of nitrogens with two attached hydrogens (primary N) is 1. The highest BCUT2D eigenvalue weighted by molar-refractivity contribution is 5.54. The maximum absolute atomic E-state index is 5.61. The van der Waals surface area contributed by atoms with Gasteiger partial charge in [-0.05, 0) is 49.9 Å². The summed E-state index contributed by atoms with van der Waals surface area (Å²) in [6.07, 6.45) is 7.87. The summed E-state index contributed by atoms with van der Waals surface area (Å²) in [4.78, 5) is 2.49. The minimum atomic E-state index is 0.733. The van der Waals surface area contributed by atoms with Crippen LogP contribution in [0.5, 0.6) is 0 Å². The lowest BCUT2D eigenvalue weighted by Crippen LogP contribution is -2.33. The van der Waals surface area contributed by atoms with Crippen LogP contribution in [-0.4, -0.2) is 19.6 Å². The molecule has 0 saturated heterocycles. The molecule has 1 saturated carbocycles. The standard InChI is InChI=1S/C16H26N2/c1-13-12-14(10-11-17)8-9-16(13)18(2)15-6-4-3-5-7-15/h8-9,12,15H,3-7,10-11,17H2,1-2H3. The number of benzene rings is 1. The maximum Gasteiger partial charge on any atom is 0.0396 e. The molecular formula is C16H26N2. The Balaban J connectivity index is 2.11. The van der Waals surface area contributed by atoms with Gasteiger partial charge in [-0.25, -0.2) is 0 Å². The summed E-state index contributed by atoms with van der Waals surface area (Å²) in [5.74, 6) is 0. The smallest absolute Gasteiger partial charge is 0.0396 e. The molecule has 1 aliphatic rings. The summed E-state index contributed by atoms with van der Waals surface area (Å²) >= 11 is 0. The molecule has 0 aliphatic heterocycles.